The lowest BCUT2D eigenvalue weighted by molar-refractivity contribution is 0.0695. The molecule has 1 aliphatic heterocycles. The lowest BCUT2D eigenvalue weighted by Gasteiger charge is -2.39. The molecule has 2 aliphatic rings. The number of aromatic nitrogens is 1. The van der Waals surface area contributed by atoms with Crippen LogP contribution >= 0.6 is 0 Å². The number of hydrogen-bond donors (Lipinski definition) is 2. The van der Waals surface area contributed by atoms with E-state index in [1.807, 2.05) is 10.6 Å². The van der Waals surface area contributed by atoms with Gasteiger partial charge >= 0.3 is 5.97 Å². The topological polar surface area (TPSA) is 97.8 Å². The van der Waals surface area contributed by atoms with Gasteiger partial charge in [0, 0.05) is 18.8 Å². The normalized spacial score (nSPS) is 22.5. The second kappa shape index (κ2) is 7.13. The smallest absolute Gasteiger partial charge is 0.341 e. The van der Waals surface area contributed by atoms with E-state index in [0.29, 0.717) is 22.6 Å². The number of fused-ring (bicyclic) bond motifs is 1. The molecule has 1 aromatic heterocycles. The van der Waals surface area contributed by atoms with Crippen LogP contribution in [-0.2, 0) is 0 Å². The van der Waals surface area contributed by atoms with E-state index in [2.05, 4.69) is 11.8 Å². The standard InChI is InChI=1S/C21H27N3O4/c1-3-12-8-9-23(17(22)10-12)16-7-6-14-18(20(16)28-2)24(13-4-5-13)11-15(19(14)25)21(26)27/h6-7,11-13,17H,3-5,8-10,22H2,1-2H3,(H,26,27). The van der Waals surface area contributed by atoms with E-state index in [1.165, 1.54) is 6.20 Å². The highest BCUT2D eigenvalue weighted by atomic mass is 16.5. The third kappa shape index (κ3) is 3.03. The average Bonchev–Trinajstić information content (AvgIpc) is 3.52. The maximum absolute atomic E-state index is 12.8. The molecule has 150 valence electrons. The van der Waals surface area contributed by atoms with Gasteiger partial charge in [-0.3, -0.25) is 4.79 Å². The van der Waals surface area contributed by atoms with Crippen LogP contribution in [0.1, 0.15) is 55.4 Å². The van der Waals surface area contributed by atoms with E-state index < -0.39 is 11.4 Å². The number of carboxylic acid groups (broad SMARTS) is 1. The van der Waals surface area contributed by atoms with Gasteiger partial charge in [-0.1, -0.05) is 13.3 Å². The van der Waals surface area contributed by atoms with E-state index >= 15 is 0 Å². The minimum atomic E-state index is -1.20. The van der Waals surface area contributed by atoms with E-state index in [-0.39, 0.29) is 17.8 Å². The van der Waals surface area contributed by atoms with Crippen molar-refractivity contribution in [1.29, 1.82) is 0 Å². The van der Waals surface area contributed by atoms with E-state index in [0.717, 1.165) is 44.3 Å². The van der Waals surface area contributed by atoms with Gasteiger partial charge in [-0.25, -0.2) is 4.79 Å². The molecule has 7 nitrogen and oxygen atoms in total. The first kappa shape index (κ1) is 18.8. The first-order chi connectivity index (χ1) is 13.5. The lowest BCUT2D eigenvalue weighted by atomic mass is 9.92. The van der Waals surface area contributed by atoms with Crippen LogP contribution in [0.15, 0.2) is 23.1 Å². The van der Waals surface area contributed by atoms with Crippen LogP contribution in [0.25, 0.3) is 10.9 Å². The second-order valence-corrected chi connectivity index (χ2v) is 7.89. The number of nitrogens with two attached hydrogens (primary N) is 1. The summed E-state index contributed by atoms with van der Waals surface area (Å²) in [4.78, 5) is 26.5. The van der Waals surface area contributed by atoms with Crippen LogP contribution < -0.4 is 20.8 Å². The van der Waals surface area contributed by atoms with Crippen LogP contribution in [0.5, 0.6) is 5.75 Å². The molecule has 0 radical (unpaired) electrons. The van der Waals surface area contributed by atoms with Crippen LogP contribution in [0.2, 0.25) is 0 Å². The Labute approximate surface area is 163 Å². The molecule has 4 rings (SSSR count). The van der Waals surface area contributed by atoms with Crippen molar-refractivity contribution in [3.63, 3.8) is 0 Å². The Hall–Kier alpha value is -2.54. The number of aromatic carboxylic acids is 1. The molecule has 2 aromatic rings. The zero-order valence-corrected chi connectivity index (χ0v) is 16.4. The summed E-state index contributed by atoms with van der Waals surface area (Å²) in [6.07, 6.45) is 6.40. The fraction of sp³-hybridized carbons (Fsp3) is 0.524. The molecular formula is C21H27N3O4. The molecule has 2 fully saturated rings. The van der Waals surface area contributed by atoms with Gasteiger partial charge in [-0.2, -0.15) is 0 Å². The molecule has 3 N–H and O–H groups in total. The van der Waals surface area contributed by atoms with Gasteiger partial charge in [-0.05, 0) is 43.7 Å². The summed E-state index contributed by atoms with van der Waals surface area (Å²) < 4.78 is 7.69. The molecule has 0 spiro atoms. The number of pyridine rings is 1. The van der Waals surface area contributed by atoms with E-state index in [1.54, 1.807) is 13.2 Å². The third-order valence-electron chi connectivity index (χ3n) is 6.14. The molecule has 2 atom stereocenters. The maximum atomic E-state index is 12.8. The number of methoxy groups -OCH3 is 1. The van der Waals surface area contributed by atoms with Gasteiger partial charge in [0.15, 0.2) is 5.75 Å². The Morgan fingerprint density at radius 1 is 1.32 bits per heavy atom. The number of carboxylic acids is 1. The van der Waals surface area contributed by atoms with Crippen LogP contribution in [-0.4, -0.2) is 35.5 Å². The molecule has 1 saturated heterocycles. The van der Waals surface area contributed by atoms with Crippen LogP contribution in [0, 0.1) is 5.92 Å². The number of benzene rings is 1. The molecule has 7 heteroatoms. The molecule has 2 unspecified atom stereocenters. The number of anilines is 1. The van der Waals surface area contributed by atoms with Crippen molar-refractivity contribution in [2.45, 2.75) is 51.2 Å². The van der Waals surface area contributed by atoms with Crippen LogP contribution in [0.4, 0.5) is 5.69 Å². The third-order valence-corrected chi connectivity index (χ3v) is 6.14. The summed E-state index contributed by atoms with van der Waals surface area (Å²) in [7, 11) is 1.59. The van der Waals surface area contributed by atoms with Crippen molar-refractivity contribution in [3.05, 3.63) is 34.1 Å². The Morgan fingerprint density at radius 3 is 2.64 bits per heavy atom. The highest BCUT2D eigenvalue weighted by Crippen LogP contribution is 2.43. The molecular weight excluding hydrogens is 358 g/mol. The van der Waals surface area contributed by atoms with Crippen molar-refractivity contribution < 1.29 is 14.6 Å². The zero-order valence-electron chi connectivity index (χ0n) is 16.4. The largest absolute Gasteiger partial charge is 0.492 e. The monoisotopic (exact) mass is 385 g/mol. The number of carbonyl (C=O) groups is 1. The maximum Gasteiger partial charge on any atom is 0.341 e. The van der Waals surface area contributed by atoms with Crippen molar-refractivity contribution in [1.82, 2.24) is 4.57 Å². The van der Waals surface area contributed by atoms with Gasteiger partial charge in [0.1, 0.15) is 5.56 Å². The predicted molar refractivity (Wildman–Crippen MR) is 108 cm³/mol. The number of piperidine rings is 1. The van der Waals surface area contributed by atoms with Gasteiger partial charge in [0.25, 0.3) is 0 Å². The van der Waals surface area contributed by atoms with Gasteiger partial charge in [0.2, 0.25) is 5.43 Å². The summed E-state index contributed by atoms with van der Waals surface area (Å²) in [5, 5.41) is 9.83. The van der Waals surface area contributed by atoms with Gasteiger partial charge < -0.3 is 25.0 Å². The Bertz CT molecular complexity index is 980. The van der Waals surface area contributed by atoms with Crippen molar-refractivity contribution in [3.8, 4) is 5.75 Å². The highest BCUT2D eigenvalue weighted by molar-refractivity contribution is 5.97. The Morgan fingerprint density at radius 2 is 2.07 bits per heavy atom. The highest BCUT2D eigenvalue weighted by Gasteiger charge is 2.32. The van der Waals surface area contributed by atoms with Gasteiger partial charge in [0.05, 0.1) is 29.9 Å². The first-order valence-corrected chi connectivity index (χ1v) is 9.97. The minimum Gasteiger partial charge on any atom is -0.492 e. The molecule has 1 saturated carbocycles. The van der Waals surface area contributed by atoms with Crippen molar-refractivity contribution in [2.75, 3.05) is 18.6 Å². The minimum absolute atomic E-state index is 0.107. The Balaban J connectivity index is 1.91. The number of nitrogens with zero attached hydrogens (tertiary/aromatic N) is 2. The molecule has 28 heavy (non-hydrogen) atoms. The summed E-state index contributed by atoms with van der Waals surface area (Å²) >= 11 is 0. The SMILES string of the molecule is CCC1CCN(c2ccc3c(=O)c(C(=O)O)cn(C4CC4)c3c2OC)C(N)C1. The summed E-state index contributed by atoms with van der Waals surface area (Å²) in [6.45, 7) is 3.03. The van der Waals surface area contributed by atoms with Gasteiger partial charge in [-0.15, -0.1) is 0 Å². The van der Waals surface area contributed by atoms with E-state index in [9.17, 15) is 14.7 Å². The van der Waals surface area contributed by atoms with E-state index in [4.69, 9.17) is 10.5 Å². The number of ether oxygens (including phenoxy) is 1. The molecule has 0 amide bonds. The number of rotatable bonds is 5. The summed E-state index contributed by atoms with van der Waals surface area (Å²) in [5.41, 5.74) is 7.34. The molecule has 1 aliphatic carbocycles. The summed E-state index contributed by atoms with van der Waals surface area (Å²) in [5.74, 6) is 0.0253. The van der Waals surface area contributed by atoms with Crippen LogP contribution in [0.3, 0.4) is 0 Å². The fourth-order valence-corrected chi connectivity index (χ4v) is 4.37. The molecule has 2 heterocycles. The predicted octanol–water partition coefficient (Wildman–Crippen LogP) is 2.95. The molecule has 1 aromatic carbocycles. The quantitative estimate of drug-likeness (QED) is 0.821. The zero-order chi connectivity index (χ0) is 20.0. The molecule has 0 bridgehead atoms. The second-order valence-electron chi connectivity index (χ2n) is 7.89. The summed E-state index contributed by atoms with van der Waals surface area (Å²) in [6, 6.07) is 3.77. The average molecular weight is 385 g/mol. The first-order valence-electron chi connectivity index (χ1n) is 9.97. The Kier molecular flexibility index (Phi) is 4.79. The van der Waals surface area contributed by atoms with Crippen molar-refractivity contribution >= 4 is 22.6 Å². The number of hydrogen-bond acceptors (Lipinski definition) is 5. The van der Waals surface area contributed by atoms with Crippen molar-refractivity contribution in [2.24, 2.45) is 11.7 Å². The fourth-order valence-electron chi connectivity index (χ4n) is 4.37. The lowest BCUT2D eigenvalue weighted by Crippen LogP contribution is -2.48.